The van der Waals surface area contributed by atoms with Crippen molar-refractivity contribution in [3.8, 4) is 0 Å². The lowest BCUT2D eigenvalue weighted by atomic mass is 9.86. The van der Waals surface area contributed by atoms with Crippen molar-refractivity contribution in [2.45, 2.75) is 71.8 Å². The molecule has 1 N–H and O–H groups in total. The van der Waals surface area contributed by atoms with Crippen LogP contribution in [0.25, 0.3) is 0 Å². The number of hydrogen-bond donors (Lipinski definition) is 1. The SMILES string of the molecule is CNC(CCC(C)(C)C)CC1=CCCCC1. The largest absolute Gasteiger partial charge is 0.317 e. The van der Waals surface area contributed by atoms with E-state index >= 15 is 0 Å². The summed E-state index contributed by atoms with van der Waals surface area (Å²) in [6, 6.07) is 0.684. The lowest BCUT2D eigenvalue weighted by Crippen LogP contribution is -2.27. The van der Waals surface area contributed by atoms with Gasteiger partial charge in [0.05, 0.1) is 0 Å². The van der Waals surface area contributed by atoms with Crippen molar-refractivity contribution >= 4 is 0 Å². The second kappa shape index (κ2) is 6.44. The van der Waals surface area contributed by atoms with Gasteiger partial charge in [0.1, 0.15) is 0 Å². The zero-order chi connectivity index (χ0) is 12.0. The van der Waals surface area contributed by atoms with Gasteiger partial charge in [0, 0.05) is 6.04 Å². The molecule has 0 aromatic rings. The van der Waals surface area contributed by atoms with E-state index in [1.165, 1.54) is 44.9 Å². The molecule has 1 unspecified atom stereocenters. The summed E-state index contributed by atoms with van der Waals surface area (Å²) >= 11 is 0. The molecule has 1 heteroatoms. The van der Waals surface area contributed by atoms with Gasteiger partial charge in [-0.15, -0.1) is 0 Å². The third-order valence-electron chi connectivity index (χ3n) is 3.54. The first-order chi connectivity index (χ1) is 7.51. The van der Waals surface area contributed by atoms with Crippen LogP contribution < -0.4 is 5.32 Å². The van der Waals surface area contributed by atoms with Crippen LogP contribution >= 0.6 is 0 Å². The highest BCUT2D eigenvalue weighted by Crippen LogP contribution is 2.26. The van der Waals surface area contributed by atoms with E-state index in [0.29, 0.717) is 11.5 Å². The van der Waals surface area contributed by atoms with E-state index in [0.717, 1.165) is 0 Å². The highest BCUT2D eigenvalue weighted by molar-refractivity contribution is 5.06. The van der Waals surface area contributed by atoms with Gasteiger partial charge in [-0.1, -0.05) is 32.4 Å². The molecule has 0 heterocycles. The molecule has 0 bridgehead atoms. The second-order valence-corrected chi connectivity index (χ2v) is 6.40. The van der Waals surface area contributed by atoms with Crippen LogP contribution in [0.2, 0.25) is 0 Å². The van der Waals surface area contributed by atoms with Crippen molar-refractivity contribution in [1.29, 1.82) is 0 Å². The molecule has 1 rings (SSSR count). The van der Waals surface area contributed by atoms with Crippen LogP contribution in [0.5, 0.6) is 0 Å². The van der Waals surface area contributed by atoms with Gasteiger partial charge in [0.2, 0.25) is 0 Å². The van der Waals surface area contributed by atoms with Gasteiger partial charge >= 0.3 is 0 Å². The third-order valence-corrected chi connectivity index (χ3v) is 3.54. The third kappa shape index (κ3) is 5.69. The van der Waals surface area contributed by atoms with Crippen molar-refractivity contribution < 1.29 is 0 Å². The van der Waals surface area contributed by atoms with E-state index in [4.69, 9.17) is 0 Å². The number of rotatable bonds is 5. The minimum atomic E-state index is 0.468. The molecule has 1 nitrogen and oxygen atoms in total. The molecule has 16 heavy (non-hydrogen) atoms. The number of allylic oxidation sites excluding steroid dienone is 1. The topological polar surface area (TPSA) is 12.0 Å². The molecular formula is C15H29N. The quantitative estimate of drug-likeness (QED) is 0.686. The maximum atomic E-state index is 3.48. The predicted octanol–water partition coefficient (Wildman–Crippen LogP) is 4.29. The normalized spacial score (nSPS) is 19.4. The monoisotopic (exact) mass is 223 g/mol. The summed E-state index contributed by atoms with van der Waals surface area (Å²) in [6.07, 6.45) is 11.8. The fraction of sp³-hybridized carbons (Fsp3) is 0.867. The van der Waals surface area contributed by atoms with Crippen molar-refractivity contribution in [3.63, 3.8) is 0 Å². The van der Waals surface area contributed by atoms with Gasteiger partial charge in [-0.25, -0.2) is 0 Å². The lowest BCUT2D eigenvalue weighted by molar-refractivity contribution is 0.333. The summed E-state index contributed by atoms with van der Waals surface area (Å²) in [5.74, 6) is 0. The predicted molar refractivity (Wildman–Crippen MR) is 72.7 cm³/mol. The van der Waals surface area contributed by atoms with Crippen LogP contribution in [0.1, 0.15) is 65.7 Å². The Morgan fingerprint density at radius 2 is 2.06 bits per heavy atom. The van der Waals surface area contributed by atoms with Gasteiger partial charge in [-0.3, -0.25) is 0 Å². The maximum Gasteiger partial charge on any atom is 0.0101 e. The van der Waals surface area contributed by atoms with Crippen LogP contribution in [-0.4, -0.2) is 13.1 Å². The Hall–Kier alpha value is -0.300. The van der Waals surface area contributed by atoms with Crippen LogP contribution in [0, 0.1) is 5.41 Å². The Bertz CT molecular complexity index is 222. The Labute approximate surface area is 102 Å². The van der Waals surface area contributed by atoms with Crippen molar-refractivity contribution in [1.82, 2.24) is 5.32 Å². The van der Waals surface area contributed by atoms with Crippen LogP contribution in [0.4, 0.5) is 0 Å². The summed E-state index contributed by atoms with van der Waals surface area (Å²) in [4.78, 5) is 0. The highest BCUT2D eigenvalue weighted by atomic mass is 14.9. The minimum Gasteiger partial charge on any atom is -0.317 e. The second-order valence-electron chi connectivity index (χ2n) is 6.40. The lowest BCUT2D eigenvalue weighted by Gasteiger charge is -2.24. The molecule has 0 radical (unpaired) electrons. The van der Waals surface area contributed by atoms with Crippen molar-refractivity contribution in [2.75, 3.05) is 7.05 Å². The first kappa shape index (κ1) is 13.8. The molecule has 94 valence electrons. The summed E-state index contributed by atoms with van der Waals surface area (Å²) in [6.45, 7) is 7.00. The molecule has 0 aromatic heterocycles. The van der Waals surface area contributed by atoms with Crippen molar-refractivity contribution in [3.05, 3.63) is 11.6 Å². The zero-order valence-corrected chi connectivity index (χ0v) is 11.6. The van der Waals surface area contributed by atoms with E-state index < -0.39 is 0 Å². The molecule has 0 amide bonds. The average Bonchev–Trinajstić information content (AvgIpc) is 2.24. The van der Waals surface area contributed by atoms with E-state index in [9.17, 15) is 0 Å². The Kier molecular flexibility index (Phi) is 5.54. The smallest absolute Gasteiger partial charge is 0.0101 e. The molecule has 0 fully saturated rings. The highest BCUT2D eigenvalue weighted by Gasteiger charge is 2.15. The summed E-state index contributed by atoms with van der Waals surface area (Å²) in [7, 11) is 2.11. The van der Waals surface area contributed by atoms with E-state index in [2.05, 4.69) is 39.2 Å². The van der Waals surface area contributed by atoms with E-state index in [1.807, 2.05) is 0 Å². The molecule has 0 saturated heterocycles. The molecule has 0 aromatic carbocycles. The summed E-state index contributed by atoms with van der Waals surface area (Å²) < 4.78 is 0. The van der Waals surface area contributed by atoms with Crippen LogP contribution in [-0.2, 0) is 0 Å². The minimum absolute atomic E-state index is 0.468. The molecule has 0 saturated carbocycles. The molecular weight excluding hydrogens is 194 g/mol. The number of nitrogens with one attached hydrogen (secondary N) is 1. The molecule has 0 spiro atoms. The van der Waals surface area contributed by atoms with Gasteiger partial charge in [0.25, 0.3) is 0 Å². The van der Waals surface area contributed by atoms with Gasteiger partial charge in [-0.2, -0.15) is 0 Å². The number of hydrogen-bond acceptors (Lipinski definition) is 1. The molecule has 1 aliphatic carbocycles. The fourth-order valence-electron chi connectivity index (χ4n) is 2.36. The first-order valence-electron chi connectivity index (χ1n) is 6.86. The first-order valence-corrected chi connectivity index (χ1v) is 6.86. The summed E-state index contributed by atoms with van der Waals surface area (Å²) in [5, 5.41) is 3.48. The molecule has 1 atom stereocenters. The molecule has 0 aliphatic heterocycles. The van der Waals surface area contributed by atoms with Crippen LogP contribution in [0.15, 0.2) is 11.6 Å². The standard InChI is InChI=1S/C15H29N/c1-15(2,3)11-10-14(16-4)12-13-8-6-5-7-9-13/h8,14,16H,5-7,9-12H2,1-4H3. The fourth-order valence-corrected chi connectivity index (χ4v) is 2.36. The maximum absolute atomic E-state index is 3.48. The zero-order valence-electron chi connectivity index (χ0n) is 11.6. The Balaban J connectivity index is 2.33. The van der Waals surface area contributed by atoms with Crippen molar-refractivity contribution in [2.24, 2.45) is 5.41 Å². The Morgan fingerprint density at radius 1 is 1.31 bits per heavy atom. The Morgan fingerprint density at radius 3 is 2.56 bits per heavy atom. The molecule has 1 aliphatic rings. The van der Waals surface area contributed by atoms with E-state index in [-0.39, 0.29) is 0 Å². The van der Waals surface area contributed by atoms with E-state index in [1.54, 1.807) is 5.57 Å². The van der Waals surface area contributed by atoms with Gasteiger partial charge in [0.15, 0.2) is 0 Å². The van der Waals surface area contributed by atoms with Gasteiger partial charge in [-0.05, 0) is 57.4 Å². The van der Waals surface area contributed by atoms with Gasteiger partial charge < -0.3 is 5.32 Å². The average molecular weight is 223 g/mol. The summed E-state index contributed by atoms with van der Waals surface area (Å²) in [5.41, 5.74) is 2.16. The van der Waals surface area contributed by atoms with Crippen LogP contribution in [0.3, 0.4) is 0 Å².